The van der Waals surface area contributed by atoms with Crippen LogP contribution in [-0.4, -0.2) is 6.18 Å². The number of aryl methyl sites for hydroxylation is 1. The van der Waals surface area contributed by atoms with Crippen molar-refractivity contribution in [3.05, 3.63) is 33.8 Å². The van der Waals surface area contributed by atoms with Gasteiger partial charge in [0.05, 0.1) is 0 Å². The monoisotopic (exact) mass is 267 g/mol. The van der Waals surface area contributed by atoms with Gasteiger partial charge >= 0.3 is 6.18 Å². The summed E-state index contributed by atoms with van der Waals surface area (Å²) in [7, 11) is 0. The van der Waals surface area contributed by atoms with E-state index in [0.717, 1.165) is 5.56 Å². The summed E-state index contributed by atoms with van der Waals surface area (Å²) in [6, 6.07) is 2.67. The second-order valence-corrected chi connectivity index (χ2v) is 3.90. The van der Waals surface area contributed by atoms with E-state index in [0.29, 0.717) is 4.47 Å². The van der Waals surface area contributed by atoms with E-state index >= 15 is 0 Å². The van der Waals surface area contributed by atoms with Crippen LogP contribution in [0.4, 0.5) is 13.2 Å². The first kappa shape index (κ1) is 11.5. The topological polar surface area (TPSA) is 26.0 Å². The van der Waals surface area contributed by atoms with Crippen molar-refractivity contribution in [3.8, 4) is 0 Å². The summed E-state index contributed by atoms with van der Waals surface area (Å²) in [6.07, 6.45) is -4.40. The van der Waals surface area contributed by atoms with Crippen molar-refractivity contribution >= 4 is 15.9 Å². The Morgan fingerprint density at radius 1 is 1.36 bits per heavy atom. The van der Waals surface area contributed by atoms with E-state index in [2.05, 4.69) is 15.9 Å². The maximum absolute atomic E-state index is 12.3. The molecule has 5 heteroatoms. The highest BCUT2D eigenvalue weighted by Gasteiger charge is 2.38. The highest BCUT2D eigenvalue weighted by Crippen LogP contribution is 2.34. The van der Waals surface area contributed by atoms with Crippen LogP contribution >= 0.6 is 15.9 Å². The van der Waals surface area contributed by atoms with E-state index in [1.54, 1.807) is 19.1 Å². The van der Waals surface area contributed by atoms with E-state index in [4.69, 9.17) is 5.73 Å². The third-order valence-corrected chi connectivity index (χ3v) is 2.53. The normalized spacial score (nSPS) is 14.1. The van der Waals surface area contributed by atoms with Gasteiger partial charge in [-0.2, -0.15) is 13.2 Å². The second-order valence-electron chi connectivity index (χ2n) is 3.04. The van der Waals surface area contributed by atoms with Crippen LogP contribution in [-0.2, 0) is 0 Å². The maximum Gasteiger partial charge on any atom is 0.407 e. The van der Waals surface area contributed by atoms with Crippen molar-refractivity contribution < 1.29 is 13.2 Å². The van der Waals surface area contributed by atoms with Crippen molar-refractivity contribution in [2.45, 2.75) is 19.1 Å². The van der Waals surface area contributed by atoms with Crippen LogP contribution in [0.3, 0.4) is 0 Å². The average Bonchev–Trinajstić information content (AvgIpc) is 2.01. The van der Waals surface area contributed by atoms with Crippen molar-refractivity contribution in [2.75, 3.05) is 0 Å². The van der Waals surface area contributed by atoms with Crippen molar-refractivity contribution in [2.24, 2.45) is 5.73 Å². The molecule has 0 aromatic heterocycles. The van der Waals surface area contributed by atoms with Gasteiger partial charge in [0.2, 0.25) is 0 Å². The minimum Gasteiger partial charge on any atom is -0.316 e. The lowest BCUT2D eigenvalue weighted by atomic mass is 10.1. The van der Waals surface area contributed by atoms with Gasteiger partial charge in [0.25, 0.3) is 0 Å². The summed E-state index contributed by atoms with van der Waals surface area (Å²) in [6.45, 7) is 1.80. The molecule has 78 valence electrons. The third kappa shape index (κ3) is 2.48. The molecule has 0 aliphatic carbocycles. The fraction of sp³-hybridized carbons (Fsp3) is 0.333. The molecular weight excluding hydrogens is 259 g/mol. The van der Waals surface area contributed by atoms with Crippen LogP contribution in [0.15, 0.2) is 22.7 Å². The molecule has 0 bridgehead atoms. The zero-order valence-corrected chi connectivity index (χ0v) is 8.98. The van der Waals surface area contributed by atoms with Gasteiger partial charge in [-0.05, 0) is 24.1 Å². The maximum atomic E-state index is 12.3. The van der Waals surface area contributed by atoms with Crippen LogP contribution < -0.4 is 5.73 Å². The Labute approximate surface area is 88.2 Å². The molecule has 14 heavy (non-hydrogen) atoms. The molecule has 1 unspecified atom stereocenters. The number of rotatable bonds is 1. The zero-order chi connectivity index (χ0) is 10.9. The lowest BCUT2D eigenvalue weighted by Gasteiger charge is -2.17. The lowest BCUT2D eigenvalue weighted by Crippen LogP contribution is -2.28. The molecule has 0 aliphatic rings. The Hall–Kier alpha value is -0.550. The molecule has 1 rings (SSSR count). The van der Waals surface area contributed by atoms with E-state index in [1.807, 2.05) is 0 Å². The Balaban J connectivity index is 3.08. The highest BCUT2D eigenvalue weighted by atomic mass is 79.9. The zero-order valence-electron chi connectivity index (χ0n) is 7.40. The van der Waals surface area contributed by atoms with Crippen LogP contribution in [0.25, 0.3) is 0 Å². The molecule has 0 amide bonds. The van der Waals surface area contributed by atoms with Crippen LogP contribution in [0, 0.1) is 6.92 Å². The largest absolute Gasteiger partial charge is 0.407 e. The minimum absolute atomic E-state index is 0.0584. The van der Waals surface area contributed by atoms with Crippen molar-refractivity contribution in [1.29, 1.82) is 0 Å². The Kier molecular flexibility index (Phi) is 3.21. The van der Waals surface area contributed by atoms with E-state index in [-0.39, 0.29) is 5.56 Å². The molecule has 1 atom stereocenters. The summed E-state index contributed by atoms with van der Waals surface area (Å²) in [5.41, 5.74) is 6.01. The molecule has 0 spiro atoms. The first-order chi connectivity index (χ1) is 6.32. The quantitative estimate of drug-likeness (QED) is 0.830. The number of nitrogens with two attached hydrogens (primary N) is 1. The van der Waals surface area contributed by atoms with Gasteiger partial charge in [-0.1, -0.05) is 28.1 Å². The smallest absolute Gasteiger partial charge is 0.316 e. The molecule has 1 aromatic rings. The fourth-order valence-corrected chi connectivity index (χ4v) is 1.80. The second kappa shape index (κ2) is 3.90. The van der Waals surface area contributed by atoms with Gasteiger partial charge in [-0.15, -0.1) is 0 Å². The molecule has 0 radical (unpaired) electrons. The standard InChI is InChI=1S/C9H9BrF3N/c1-5-2-3-6(7(10)4-5)8(14)9(11,12)13/h2-4,8H,14H2,1H3. The number of hydrogen-bond donors (Lipinski definition) is 1. The third-order valence-electron chi connectivity index (χ3n) is 1.84. The van der Waals surface area contributed by atoms with Gasteiger partial charge in [0.1, 0.15) is 6.04 Å². The van der Waals surface area contributed by atoms with Crippen LogP contribution in [0.1, 0.15) is 17.2 Å². The number of halogens is 4. The molecule has 0 aliphatic heterocycles. The minimum atomic E-state index is -4.40. The number of alkyl halides is 3. The first-order valence-electron chi connectivity index (χ1n) is 3.90. The number of benzene rings is 1. The summed E-state index contributed by atoms with van der Waals surface area (Å²) >= 11 is 3.06. The van der Waals surface area contributed by atoms with Gasteiger partial charge < -0.3 is 5.73 Å². The molecule has 1 nitrogen and oxygen atoms in total. The molecule has 0 heterocycles. The van der Waals surface area contributed by atoms with Crippen LogP contribution in [0.2, 0.25) is 0 Å². The fourth-order valence-electron chi connectivity index (χ4n) is 1.06. The predicted molar refractivity (Wildman–Crippen MR) is 51.9 cm³/mol. The Morgan fingerprint density at radius 2 is 1.93 bits per heavy atom. The first-order valence-corrected chi connectivity index (χ1v) is 4.70. The SMILES string of the molecule is Cc1ccc(C(N)C(F)(F)F)c(Br)c1. The predicted octanol–water partition coefficient (Wildman–Crippen LogP) is 3.32. The molecule has 2 N–H and O–H groups in total. The molecular formula is C9H9BrF3N. The van der Waals surface area contributed by atoms with Crippen molar-refractivity contribution in [3.63, 3.8) is 0 Å². The van der Waals surface area contributed by atoms with Gasteiger partial charge in [-0.3, -0.25) is 0 Å². The average molecular weight is 268 g/mol. The Morgan fingerprint density at radius 3 is 2.36 bits per heavy atom. The van der Waals surface area contributed by atoms with Crippen molar-refractivity contribution in [1.82, 2.24) is 0 Å². The summed E-state index contributed by atoms with van der Waals surface area (Å²) in [5, 5.41) is 0. The van der Waals surface area contributed by atoms with E-state index in [9.17, 15) is 13.2 Å². The summed E-state index contributed by atoms with van der Waals surface area (Å²) in [4.78, 5) is 0. The molecule has 0 saturated heterocycles. The van der Waals surface area contributed by atoms with Crippen LogP contribution in [0.5, 0.6) is 0 Å². The lowest BCUT2D eigenvalue weighted by molar-refractivity contribution is -0.149. The summed E-state index contributed by atoms with van der Waals surface area (Å²) in [5.74, 6) is 0. The molecule has 1 aromatic carbocycles. The number of hydrogen-bond acceptors (Lipinski definition) is 1. The molecule has 0 saturated carbocycles. The van der Waals surface area contributed by atoms with Gasteiger partial charge in [-0.25, -0.2) is 0 Å². The Bertz CT molecular complexity index is 335. The molecule has 0 fully saturated rings. The van der Waals surface area contributed by atoms with E-state index in [1.165, 1.54) is 6.07 Å². The van der Waals surface area contributed by atoms with E-state index < -0.39 is 12.2 Å². The summed E-state index contributed by atoms with van der Waals surface area (Å²) < 4.78 is 37.2. The van der Waals surface area contributed by atoms with Gasteiger partial charge in [0.15, 0.2) is 0 Å². The van der Waals surface area contributed by atoms with Gasteiger partial charge in [0, 0.05) is 4.47 Å². The highest BCUT2D eigenvalue weighted by molar-refractivity contribution is 9.10.